The van der Waals surface area contributed by atoms with Crippen molar-refractivity contribution in [2.75, 3.05) is 39.3 Å². The number of nitrogens with zero attached hydrogens (tertiary/aromatic N) is 3. The van der Waals surface area contributed by atoms with Crippen LogP contribution >= 0.6 is 0 Å². The summed E-state index contributed by atoms with van der Waals surface area (Å²) in [6.07, 6.45) is 10.9. The van der Waals surface area contributed by atoms with Crippen LogP contribution in [-0.4, -0.2) is 109 Å². The first-order chi connectivity index (χ1) is 31.5. The Morgan fingerprint density at radius 3 is 1.78 bits per heavy atom. The molecule has 0 radical (unpaired) electrons. The number of amides is 5. The van der Waals surface area contributed by atoms with E-state index in [0.29, 0.717) is 25.8 Å². The third-order valence-electron chi connectivity index (χ3n) is 13.7. The van der Waals surface area contributed by atoms with Gasteiger partial charge in [0.25, 0.3) is 5.91 Å². The van der Waals surface area contributed by atoms with Crippen LogP contribution in [-0.2, 0) is 29.2 Å². The van der Waals surface area contributed by atoms with Gasteiger partial charge in [-0.25, -0.2) is 8.42 Å². The number of carbonyl (C=O) groups is 5. The van der Waals surface area contributed by atoms with Crippen LogP contribution in [0, 0.1) is 11.8 Å². The third kappa shape index (κ3) is 12.2. The van der Waals surface area contributed by atoms with Crippen LogP contribution in [0.5, 0.6) is 0 Å². The molecule has 3 aromatic carbocycles. The highest BCUT2D eigenvalue weighted by Gasteiger charge is 2.49. The lowest BCUT2D eigenvalue weighted by atomic mass is 9.94. The molecule has 14 heteroatoms. The van der Waals surface area contributed by atoms with Crippen molar-refractivity contribution in [3.63, 3.8) is 0 Å². The van der Waals surface area contributed by atoms with Crippen LogP contribution in [0.25, 0.3) is 0 Å². The summed E-state index contributed by atoms with van der Waals surface area (Å²) >= 11 is 0. The molecule has 350 valence electrons. The molecule has 13 nitrogen and oxygen atoms in total. The van der Waals surface area contributed by atoms with Crippen molar-refractivity contribution in [3.05, 3.63) is 102 Å². The summed E-state index contributed by atoms with van der Waals surface area (Å²) in [5.41, 5.74) is 2.39. The maximum absolute atomic E-state index is 14.5. The monoisotopic (exact) mass is 908 g/mol. The van der Waals surface area contributed by atoms with E-state index in [1.807, 2.05) is 60.7 Å². The molecule has 5 amide bonds. The van der Waals surface area contributed by atoms with Gasteiger partial charge in [0.05, 0.1) is 16.7 Å². The van der Waals surface area contributed by atoms with Crippen molar-refractivity contribution in [1.29, 1.82) is 0 Å². The van der Waals surface area contributed by atoms with Gasteiger partial charge in [0.1, 0.15) is 6.04 Å². The van der Waals surface area contributed by atoms with E-state index in [1.54, 1.807) is 11.0 Å². The highest BCUT2D eigenvalue weighted by Crippen LogP contribution is 2.43. The average Bonchev–Trinajstić information content (AvgIpc) is 4.24. The maximum Gasteiger partial charge on any atom is 0.253 e. The lowest BCUT2D eigenvalue weighted by Crippen LogP contribution is -2.53. The first kappa shape index (κ1) is 47.9. The van der Waals surface area contributed by atoms with Gasteiger partial charge in [-0.3, -0.25) is 24.0 Å². The minimum Gasteiger partial charge on any atom is -0.354 e. The van der Waals surface area contributed by atoms with Crippen LogP contribution in [0.3, 0.4) is 0 Å². The fourth-order valence-electron chi connectivity index (χ4n) is 9.65. The predicted octanol–water partition coefficient (Wildman–Crippen LogP) is 6.37. The number of sulfonamides is 1. The lowest BCUT2D eigenvalue weighted by molar-refractivity contribution is -0.140. The molecule has 0 aromatic heterocycles. The molecule has 4 aliphatic rings. The maximum atomic E-state index is 14.5. The molecule has 1 unspecified atom stereocenters. The predicted molar refractivity (Wildman–Crippen MR) is 250 cm³/mol. The zero-order chi connectivity index (χ0) is 45.9. The number of hydrogen-bond donors (Lipinski definition) is 3. The van der Waals surface area contributed by atoms with Crippen LogP contribution in [0.1, 0.15) is 131 Å². The second kappa shape index (κ2) is 22.4. The fourth-order valence-corrected chi connectivity index (χ4v) is 11.2. The normalized spacial score (nSPS) is 24.2. The van der Waals surface area contributed by atoms with E-state index in [9.17, 15) is 32.4 Å². The van der Waals surface area contributed by atoms with E-state index < -0.39 is 33.8 Å². The summed E-state index contributed by atoms with van der Waals surface area (Å²) in [6, 6.07) is 24.7. The molecule has 0 spiro atoms. The number of unbranched alkanes of at least 4 members (excludes halogenated alkanes) is 7. The second-order valence-electron chi connectivity index (χ2n) is 18.5. The Morgan fingerprint density at radius 1 is 0.631 bits per heavy atom. The number of benzene rings is 3. The quantitative estimate of drug-likeness (QED) is 0.105. The van der Waals surface area contributed by atoms with E-state index >= 15 is 0 Å². The van der Waals surface area contributed by atoms with Gasteiger partial charge < -0.3 is 25.8 Å². The van der Waals surface area contributed by atoms with Gasteiger partial charge in [-0.2, -0.15) is 4.31 Å². The van der Waals surface area contributed by atoms with Crippen molar-refractivity contribution in [3.8, 4) is 0 Å². The molecule has 3 N–H and O–H groups in total. The minimum absolute atomic E-state index is 0.000929. The van der Waals surface area contributed by atoms with Crippen LogP contribution in [0.4, 0.5) is 0 Å². The Hall–Kier alpha value is -5.08. The lowest BCUT2D eigenvalue weighted by Gasteiger charge is -2.31. The molecule has 7 rings (SSSR count). The summed E-state index contributed by atoms with van der Waals surface area (Å²) in [6.45, 7) is 4.83. The highest BCUT2D eigenvalue weighted by atomic mass is 32.2. The molecular formula is C51H68N6O7S. The van der Waals surface area contributed by atoms with E-state index in [-0.39, 0.29) is 90.7 Å². The van der Waals surface area contributed by atoms with E-state index in [4.69, 9.17) is 0 Å². The number of hydrogen-bond acceptors (Lipinski definition) is 7. The van der Waals surface area contributed by atoms with Gasteiger partial charge in [0.15, 0.2) is 0 Å². The minimum atomic E-state index is -4.24. The van der Waals surface area contributed by atoms with E-state index in [0.717, 1.165) is 75.3 Å². The van der Waals surface area contributed by atoms with Crippen molar-refractivity contribution in [2.24, 2.45) is 11.8 Å². The Balaban J connectivity index is 1.05. The molecule has 7 atom stereocenters. The summed E-state index contributed by atoms with van der Waals surface area (Å²) in [5, 5.41) is 9.31. The SMILES string of the molecule is CCCCCCCC(=O)N1CCCN(S(=O)(=O)c2cccc(C(=O)N3C[C@@H](C(=O)N[C@H]4C[C@@H]4c4ccccc4)[C@H](C(=O)N[C@H]4C[C@@H]4c4ccccc4)C3)c2)CC1C(=O)NCCCCCC. The Kier molecular flexibility index (Phi) is 16.5. The molecule has 2 aliphatic carbocycles. The molecule has 0 bridgehead atoms. The van der Waals surface area contributed by atoms with Gasteiger partial charge >= 0.3 is 0 Å². The largest absolute Gasteiger partial charge is 0.354 e. The van der Waals surface area contributed by atoms with Gasteiger partial charge in [-0.05, 0) is 61.4 Å². The summed E-state index contributed by atoms with van der Waals surface area (Å²) in [4.78, 5) is 72.8. The third-order valence-corrected chi connectivity index (χ3v) is 15.6. The number of carbonyl (C=O) groups excluding carboxylic acids is 5. The summed E-state index contributed by atoms with van der Waals surface area (Å²) in [7, 11) is -4.24. The number of likely N-dealkylation sites (tertiary alicyclic amines) is 1. The zero-order valence-electron chi connectivity index (χ0n) is 38.2. The Labute approximate surface area is 385 Å². The second-order valence-corrected chi connectivity index (χ2v) is 20.5. The Morgan fingerprint density at radius 2 is 1.20 bits per heavy atom. The Bertz CT molecular complexity index is 2150. The first-order valence-corrected chi connectivity index (χ1v) is 25.6. The first-order valence-electron chi connectivity index (χ1n) is 24.2. The average molecular weight is 909 g/mol. The van der Waals surface area contributed by atoms with Gasteiger partial charge in [0.2, 0.25) is 33.7 Å². The fraction of sp³-hybridized carbons (Fsp3) is 0.549. The summed E-state index contributed by atoms with van der Waals surface area (Å²) in [5.74, 6) is -2.79. The molecule has 65 heavy (non-hydrogen) atoms. The van der Waals surface area contributed by atoms with Crippen LogP contribution in [0.2, 0.25) is 0 Å². The zero-order valence-corrected chi connectivity index (χ0v) is 39.0. The molecule has 2 saturated heterocycles. The smallest absolute Gasteiger partial charge is 0.253 e. The molecule has 2 saturated carbocycles. The van der Waals surface area contributed by atoms with Crippen molar-refractivity contribution >= 4 is 39.6 Å². The molecular weight excluding hydrogens is 841 g/mol. The molecule has 3 aromatic rings. The van der Waals surface area contributed by atoms with Crippen LogP contribution in [0.15, 0.2) is 89.8 Å². The van der Waals surface area contributed by atoms with Crippen molar-refractivity contribution in [2.45, 2.75) is 132 Å². The topological polar surface area (TPSA) is 165 Å². The van der Waals surface area contributed by atoms with Crippen molar-refractivity contribution in [1.82, 2.24) is 30.1 Å². The number of nitrogens with one attached hydrogen (secondary N) is 3. The van der Waals surface area contributed by atoms with Crippen molar-refractivity contribution < 1.29 is 32.4 Å². The molecule has 2 heterocycles. The molecule has 4 fully saturated rings. The standard InChI is InChI=1S/C51H68N6O7S/c1-3-5-7-9-16-26-47(58)57-29-19-28-56(35-46(57)50(61)52-27-17-8-6-4-2)65(63,64)39-25-18-24-38(30-39)51(62)55-33-42(48(59)53-44-31-40(44)36-20-12-10-13-21-36)43(34-55)49(60)54-45-32-41(45)37-22-14-11-15-23-37/h10-15,18,20-25,30,40-46H,3-9,16-17,19,26-29,31-35H2,1-2H3,(H,52,61)(H,53,59)(H,54,60)/t40-,41-,42-,43-,44+,45+,46?/m1/s1. The highest BCUT2D eigenvalue weighted by molar-refractivity contribution is 7.89. The van der Waals surface area contributed by atoms with Crippen LogP contribution < -0.4 is 16.0 Å². The molecule has 2 aliphatic heterocycles. The van der Waals surface area contributed by atoms with E-state index in [2.05, 4.69) is 29.8 Å². The number of rotatable bonds is 21. The van der Waals surface area contributed by atoms with Gasteiger partial charge in [0, 0.05) is 75.2 Å². The van der Waals surface area contributed by atoms with Gasteiger partial charge in [-0.1, -0.05) is 126 Å². The van der Waals surface area contributed by atoms with E-state index in [1.165, 1.54) is 27.4 Å². The van der Waals surface area contributed by atoms with Gasteiger partial charge in [-0.15, -0.1) is 0 Å². The summed E-state index contributed by atoms with van der Waals surface area (Å²) < 4.78 is 30.3.